The van der Waals surface area contributed by atoms with Gasteiger partial charge in [-0.3, -0.25) is 0 Å². The third kappa shape index (κ3) is 3.11. The Bertz CT molecular complexity index is 88.1. The first kappa shape index (κ1) is 9.82. The average molecular weight is 151 g/mol. The van der Waals surface area contributed by atoms with E-state index in [2.05, 4.69) is 5.32 Å². The highest BCUT2D eigenvalue weighted by Gasteiger charge is 2.31. The second-order valence-electron chi connectivity index (χ2n) is 2.47. The molecule has 1 N–H and O–H groups in total. The van der Waals surface area contributed by atoms with Crippen LogP contribution in [0.4, 0.5) is 8.78 Å². The normalized spacial score (nSPS) is 15.3. The summed E-state index contributed by atoms with van der Waals surface area (Å²) in [5.41, 5.74) is 0. The molecule has 0 radical (unpaired) electrons. The van der Waals surface area contributed by atoms with E-state index in [9.17, 15) is 8.78 Å². The average Bonchev–Trinajstić information content (AvgIpc) is 1.80. The predicted octanol–water partition coefficient (Wildman–Crippen LogP) is 2.03. The highest BCUT2D eigenvalue weighted by atomic mass is 19.3. The first-order chi connectivity index (χ1) is 4.52. The van der Waals surface area contributed by atoms with Crippen molar-refractivity contribution < 1.29 is 8.78 Å². The van der Waals surface area contributed by atoms with Crippen LogP contribution in [0.25, 0.3) is 0 Å². The summed E-state index contributed by atoms with van der Waals surface area (Å²) in [6, 6.07) is -0.669. The van der Waals surface area contributed by atoms with E-state index in [1.54, 1.807) is 6.92 Å². The fraction of sp³-hybridized carbons (Fsp3) is 1.00. The quantitative estimate of drug-likeness (QED) is 0.648. The van der Waals surface area contributed by atoms with Gasteiger partial charge in [-0.1, -0.05) is 13.8 Å². The van der Waals surface area contributed by atoms with Crippen LogP contribution in [0, 0.1) is 0 Å². The van der Waals surface area contributed by atoms with E-state index >= 15 is 0 Å². The molecule has 3 heteroatoms. The van der Waals surface area contributed by atoms with Crippen LogP contribution in [0.15, 0.2) is 0 Å². The number of alkyl halides is 2. The Balaban J connectivity index is 3.81. The molecule has 0 amide bonds. The molecule has 0 saturated heterocycles. The molecule has 1 unspecified atom stereocenters. The van der Waals surface area contributed by atoms with Gasteiger partial charge in [0.2, 0.25) is 0 Å². The van der Waals surface area contributed by atoms with Crippen molar-refractivity contribution in [2.75, 3.05) is 6.54 Å². The third-order valence-electron chi connectivity index (χ3n) is 1.47. The van der Waals surface area contributed by atoms with Crippen LogP contribution in [0.2, 0.25) is 0 Å². The van der Waals surface area contributed by atoms with Crippen LogP contribution < -0.4 is 5.32 Å². The molecule has 10 heavy (non-hydrogen) atoms. The van der Waals surface area contributed by atoms with Gasteiger partial charge in [0, 0.05) is 6.92 Å². The molecule has 0 aliphatic rings. The van der Waals surface area contributed by atoms with Crippen molar-refractivity contribution in [3.63, 3.8) is 0 Å². The summed E-state index contributed by atoms with van der Waals surface area (Å²) in [6.07, 6.45) is 0.470. The SMILES string of the molecule is CCNC(CC)C(C)(F)F. The molecule has 0 aromatic rings. The lowest BCUT2D eigenvalue weighted by Crippen LogP contribution is -2.42. The van der Waals surface area contributed by atoms with E-state index < -0.39 is 12.0 Å². The zero-order chi connectivity index (χ0) is 8.20. The number of nitrogens with one attached hydrogen (secondary N) is 1. The zero-order valence-corrected chi connectivity index (χ0v) is 6.75. The minimum absolute atomic E-state index is 0.470. The lowest BCUT2D eigenvalue weighted by molar-refractivity contribution is -0.0188. The Morgan fingerprint density at radius 3 is 2.00 bits per heavy atom. The maximum Gasteiger partial charge on any atom is 0.260 e. The first-order valence-electron chi connectivity index (χ1n) is 3.63. The summed E-state index contributed by atoms with van der Waals surface area (Å²) in [6.45, 7) is 5.13. The molecule has 0 heterocycles. The van der Waals surface area contributed by atoms with E-state index in [0.717, 1.165) is 6.92 Å². The van der Waals surface area contributed by atoms with Gasteiger partial charge in [0.05, 0.1) is 6.04 Å². The van der Waals surface area contributed by atoms with Crippen LogP contribution in [-0.2, 0) is 0 Å². The van der Waals surface area contributed by atoms with Crippen molar-refractivity contribution in [3.05, 3.63) is 0 Å². The zero-order valence-electron chi connectivity index (χ0n) is 6.75. The third-order valence-corrected chi connectivity index (χ3v) is 1.47. The molecule has 1 atom stereocenters. The molecule has 62 valence electrons. The van der Waals surface area contributed by atoms with Gasteiger partial charge in [-0.05, 0) is 13.0 Å². The Labute approximate surface area is 60.8 Å². The van der Waals surface area contributed by atoms with Crippen LogP contribution in [0.1, 0.15) is 27.2 Å². The van der Waals surface area contributed by atoms with Gasteiger partial charge >= 0.3 is 0 Å². The van der Waals surface area contributed by atoms with Crippen molar-refractivity contribution >= 4 is 0 Å². The lowest BCUT2D eigenvalue weighted by Gasteiger charge is -2.22. The summed E-state index contributed by atoms with van der Waals surface area (Å²) in [5, 5.41) is 2.72. The van der Waals surface area contributed by atoms with E-state index in [-0.39, 0.29) is 0 Å². The van der Waals surface area contributed by atoms with Crippen molar-refractivity contribution in [1.82, 2.24) is 5.32 Å². The molecule has 0 fully saturated rings. The van der Waals surface area contributed by atoms with E-state index in [1.165, 1.54) is 0 Å². The van der Waals surface area contributed by atoms with Gasteiger partial charge in [-0.15, -0.1) is 0 Å². The highest BCUT2D eigenvalue weighted by Crippen LogP contribution is 2.19. The summed E-state index contributed by atoms with van der Waals surface area (Å²) in [4.78, 5) is 0. The van der Waals surface area contributed by atoms with E-state index in [4.69, 9.17) is 0 Å². The van der Waals surface area contributed by atoms with Crippen LogP contribution >= 0.6 is 0 Å². The van der Waals surface area contributed by atoms with Gasteiger partial charge in [-0.25, -0.2) is 8.78 Å². The van der Waals surface area contributed by atoms with Crippen LogP contribution in [-0.4, -0.2) is 18.5 Å². The molecule has 0 aliphatic heterocycles. The molecule has 1 nitrogen and oxygen atoms in total. The van der Waals surface area contributed by atoms with E-state index in [0.29, 0.717) is 13.0 Å². The van der Waals surface area contributed by atoms with Crippen LogP contribution in [0.5, 0.6) is 0 Å². The van der Waals surface area contributed by atoms with Crippen molar-refractivity contribution in [3.8, 4) is 0 Å². The molecule has 0 bridgehead atoms. The van der Waals surface area contributed by atoms with Gasteiger partial charge in [0.1, 0.15) is 0 Å². The van der Waals surface area contributed by atoms with Crippen molar-refractivity contribution in [1.29, 1.82) is 0 Å². The second kappa shape index (κ2) is 3.86. The van der Waals surface area contributed by atoms with Gasteiger partial charge in [0.25, 0.3) is 5.92 Å². The summed E-state index contributed by atoms with van der Waals surface area (Å²) in [7, 11) is 0. The molecule has 0 rings (SSSR count). The Kier molecular flexibility index (Phi) is 3.79. The molecular weight excluding hydrogens is 136 g/mol. The summed E-state index contributed by atoms with van der Waals surface area (Å²) < 4.78 is 25.0. The molecule has 0 aliphatic carbocycles. The maximum atomic E-state index is 12.5. The largest absolute Gasteiger partial charge is 0.309 e. The Morgan fingerprint density at radius 2 is 1.90 bits per heavy atom. The first-order valence-corrected chi connectivity index (χ1v) is 3.63. The van der Waals surface area contributed by atoms with Crippen molar-refractivity contribution in [2.24, 2.45) is 0 Å². The van der Waals surface area contributed by atoms with Gasteiger partial charge in [-0.2, -0.15) is 0 Å². The van der Waals surface area contributed by atoms with Crippen molar-refractivity contribution in [2.45, 2.75) is 39.2 Å². The minimum atomic E-state index is -2.59. The molecule has 0 aromatic heterocycles. The number of halogens is 2. The van der Waals surface area contributed by atoms with E-state index in [1.807, 2.05) is 6.92 Å². The predicted molar refractivity (Wildman–Crippen MR) is 38.4 cm³/mol. The number of hydrogen-bond acceptors (Lipinski definition) is 1. The Morgan fingerprint density at radius 1 is 1.40 bits per heavy atom. The standard InChI is InChI=1S/C7H15F2N/c1-4-6(10-5-2)7(3,8)9/h6,10H,4-5H2,1-3H3. The van der Waals surface area contributed by atoms with Crippen LogP contribution in [0.3, 0.4) is 0 Å². The highest BCUT2D eigenvalue weighted by molar-refractivity contribution is 4.76. The molecule has 0 spiro atoms. The maximum absolute atomic E-state index is 12.5. The molecule has 0 saturated carbocycles. The topological polar surface area (TPSA) is 12.0 Å². The fourth-order valence-corrected chi connectivity index (χ4v) is 0.928. The summed E-state index contributed by atoms with van der Waals surface area (Å²) in [5.74, 6) is -2.59. The second-order valence-corrected chi connectivity index (χ2v) is 2.47. The molecular formula is C7H15F2N. The number of rotatable bonds is 4. The number of hydrogen-bond donors (Lipinski definition) is 1. The van der Waals surface area contributed by atoms with Gasteiger partial charge < -0.3 is 5.32 Å². The Hall–Kier alpha value is -0.180. The smallest absolute Gasteiger partial charge is 0.260 e. The summed E-state index contributed by atoms with van der Waals surface area (Å²) >= 11 is 0. The monoisotopic (exact) mass is 151 g/mol. The minimum Gasteiger partial charge on any atom is -0.309 e. The van der Waals surface area contributed by atoms with Gasteiger partial charge in [0.15, 0.2) is 0 Å². The molecule has 0 aromatic carbocycles. The fourth-order valence-electron chi connectivity index (χ4n) is 0.928. The lowest BCUT2D eigenvalue weighted by atomic mass is 10.1.